The predicted octanol–water partition coefficient (Wildman–Crippen LogP) is 2.38. The van der Waals surface area contributed by atoms with E-state index in [1.165, 1.54) is 51.6 Å². The zero-order valence-corrected chi connectivity index (χ0v) is 13.1. The Morgan fingerprint density at radius 1 is 1.09 bits per heavy atom. The molecule has 4 aliphatic rings. The summed E-state index contributed by atoms with van der Waals surface area (Å²) in [5, 5.41) is 8.43. The lowest BCUT2D eigenvalue weighted by Crippen LogP contribution is -2.49. The lowest BCUT2D eigenvalue weighted by atomic mass is 9.81. The quantitative estimate of drug-likeness (QED) is 0.855. The lowest BCUT2D eigenvalue weighted by Gasteiger charge is -2.43. The van der Waals surface area contributed by atoms with Crippen molar-refractivity contribution in [2.75, 3.05) is 19.7 Å². The third-order valence-electron chi connectivity index (χ3n) is 6.20. The molecule has 2 saturated carbocycles. The van der Waals surface area contributed by atoms with E-state index in [1.54, 1.807) is 0 Å². The van der Waals surface area contributed by atoms with Crippen molar-refractivity contribution in [2.45, 2.75) is 63.0 Å². The summed E-state index contributed by atoms with van der Waals surface area (Å²) < 4.78 is 11.9. The van der Waals surface area contributed by atoms with E-state index in [-0.39, 0.29) is 0 Å². The minimum Gasteiger partial charge on any atom is -0.425 e. The molecule has 2 aliphatic heterocycles. The molecular weight excluding hydrogens is 278 g/mol. The Morgan fingerprint density at radius 3 is 2.77 bits per heavy atom. The van der Waals surface area contributed by atoms with Gasteiger partial charge in [-0.15, -0.1) is 10.2 Å². The summed E-state index contributed by atoms with van der Waals surface area (Å²) in [7, 11) is 0. The van der Waals surface area contributed by atoms with Gasteiger partial charge in [0.1, 0.15) is 0 Å². The first-order valence-electron chi connectivity index (χ1n) is 9.05. The average Bonchev–Trinajstić information content (AvgIpc) is 3.10. The number of rotatable bonds is 4. The van der Waals surface area contributed by atoms with E-state index in [1.807, 2.05) is 0 Å². The molecule has 2 aliphatic carbocycles. The van der Waals surface area contributed by atoms with Crippen LogP contribution in [0.4, 0.5) is 0 Å². The van der Waals surface area contributed by atoms with E-state index in [9.17, 15) is 0 Å². The molecule has 0 bridgehead atoms. The fourth-order valence-electron chi connectivity index (χ4n) is 4.43. The van der Waals surface area contributed by atoms with Crippen molar-refractivity contribution in [3.05, 3.63) is 11.8 Å². The van der Waals surface area contributed by atoms with Crippen LogP contribution in [0.2, 0.25) is 0 Å². The Morgan fingerprint density at radius 2 is 2.00 bits per heavy atom. The van der Waals surface area contributed by atoms with Crippen LogP contribution in [0.15, 0.2) is 4.42 Å². The SMILES string of the molecule is C1CC(N2CC[C@H]3[C@H](CO[C@H]3Cc3nnc(C4CC4)o3)C2)C1. The molecule has 1 aromatic rings. The standard InChI is InChI=1S/C17H25N3O2/c1-2-13(3-1)20-7-6-14-12(9-20)10-21-15(14)8-16-18-19-17(22-16)11-4-5-11/h11-15H,1-10H2/t12-,14-,15-/m0/s1. The Hall–Kier alpha value is -0.940. The number of fused-ring (bicyclic) bond motifs is 1. The van der Waals surface area contributed by atoms with E-state index in [0.717, 1.165) is 30.9 Å². The van der Waals surface area contributed by atoms with E-state index < -0.39 is 0 Å². The Kier molecular flexibility index (Phi) is 3.25. The topological polar surface area (TPSA) is 51.4 Å². The molecule has 3 heterocycles. The molecule has 4 fully saturated rings. The summed E-state index contributed by atoms with van der Waals surface area (Å²) in [6.45, 7) is 3.41. The summed E-state index contributed by atoms with van der Waals surface area (Å²) in [4.78, 5) is 2.72. The third kappa shape index (κ3) is 2.38. The monoisotopic (exact) mass is 303 g/mol. The average molecular weight is 303 g/mol. The summed E-state index contributed by atoms with van der Waals surface area (Å²) in [6.07, 6.45) is 9.04. The fourth-order valence-corrected chi connectivity index (χ4v) is 4.43. The molecule has 5 rings (SSSR count). The number of hydrogen-bond donors (Lipinski definition) is 0. The minimum atomic E-state index is 0.293. The van der Waals surface area contributed by atoms with Crippen LogP contribution in [0.1, 0.15) is 56.2 Å². The summed E-state index contributed by atoms with van der Waals surface area (Å²) in [5.41, 5.74) is 0. The first kappa shape index (κ1) is 13.5. The van der Waals surface area contributed by atoms with Gasteiger partial charge in [-0.1, -0.05) is 6.42 Å². The van der Waals surface area contributed by atoms with Crippen LogP contribution in [0.5, 0.6) is 0 Å². The highest BCUT2D eigenvalue weighted by atomic mass is 16.5. The number of piperidine rings is 1. The molecule has 5 heteroatoms. The summed E-state index contributed by atoms with van der Waals surface area (Å²) in [5.74, 6) is 3.58. The van der Waals surface area contributed by atoms with Crippen molar-refractivity contribution in [2.24, 2.45) is 11.8 Å². The molecule has 0 radical (unpaired) electrons. The van der Waals surface area contributed by atoms with Crippen molar-refractivity contribution in [3.8, 4) is 0 Å². The molecule has 5 nitrogen and oxygen atoms in total. The zero-order chi connectivity index (χ0) is 14.5. The van der Waals surface area contributed by atoms with Crippen LogP contribution in [0, 0.1) is 11.8 Å². The molecule has 0 aromatic carbocycles. The van der Waals surface area contributed by atoms with Gasteiger partial charge in [-0.25, -0.2) is 0 Å². The van der Waals surface area contributed by atoms with E-state index in [0.29, 0.717) is 23.9 Å². The maximum atomic E-state index is 6.11. The third-order valence-corrected chi connectivity index (χ3v) is 6.20. The van der Waals surface area contributed by atoms with E-state index >= 15 is 0 Å². The van der Waals surface area contributed by atoms with Crippen molar-refractivity contribution in [1.29, 1.82) is 0 Å². The van der Waals surface area contributed by atoms with E-state index in [4.69, 9.17) is 9.15 Å². The van der Waals surface area contributed by atoms with Crippen LogP contribution in [0.3, 0.4) is 0 Å². The minimum absolute atomic E-state index is 0.293. The molecule has 22 heavy (non-hydrogen) atoms. The van der Waals surface area contributed by atoms with Crippen LogP contribution in [-0.2, 0) is 11.2 Å². The molecule has 0 amide bonds. The highest BCUT2D eigenvalue weighted by molar-refractivity contribution is 5.02. The number of likely N-dealkylation sites (tertiary alicyclic amines) is 1. The second-order valence-electron chi connectivity index (χ2n) is 7.68. The van der Waals surface area contributed by atoms with Crippen molar-refractivity contribution in [3.63, 3.8) is 0 Å². The second-order valence-corrected chi connectivity index (χ2v) is 7.68. The summed E-state index contributed by atoms with van der Waals surface area (Å²) in [6, 6.07) is 0.872. The van der Waals surface area contributed by atoms with Gasteiger partial charge in [0.05, 0.1) is 19.1 Å². The van der Waals surface area contributed by atoms with Crippen molar-refractivity contribution < 1.29 is 9.15 Å². The van der Waals surface area contributed by atoms with Crippen LogP contribution >= 0.6 is 0 Å². The van der Waals surface area contributed by atoms with Crippen molar-refractivity contribution >= 4 is 0 Å². The van der Waals surface area contributed by atoms with Gasteiger partial charge in [0.2, 0.25) is 11.8 Å². The van der Waals surface area contributed by atoms with Gasteiger partial charge >= 0.3 is 0 Å². The maximum Gasteiger partial charge on any atom is 0.219 e. The maximum absolute atomic E-state index is 6.11. The van der Waals surface area contributed by atoms with Gasteiger partial charge in [-0.05, 0) is 44.6 Å². The Balaban J connectivity index is 1.21. The highest BCUT2D eigenvalue weighted by Gasteiger charge is 2.43. The first-order valence-corrected chi connectivity index (χ1v) is 9.05. The normalized spacial score (nSPS) is 36.3. The van der Waals surface area contributed by atoms with Gasteiger partial charge < -0.3 is 14.1 Å². The molecule has 0 spiro atoms. The second kappa shape index (κ2) is 5.31. The zero-order valence-electron chi connectivity index (χ0n) is 13.1. The molecule has 0 N–H and O–H groups in total. The van der Waals surface area contributed by atoms with Crippen molar-refractivity contribution in [1.82, 2.24) is 15.1 Å². The number of nitrogens with zero attached hydrogens (tertiary/aromatic N) is 3. The lowest BCUT2D eigenvalue weighted by molar-refractivity contribution is 0.0529. The molecule has 120 valence electrons. The molecule has 1 aromatic heterocycles. The number of aromatic nitrogens is 2. The highest BCUT2D eigenvalue weighted by Crippen LogP contribution is 2.40. The largest absolute Gasteiger partial charge is 0.425 e. The molecule has 3 atom stereocenters. The van der Waals surface area contributed by atoms with Crippen LogP contribution in [0.25, 0.3) is 0 Å². The predicted molar refractivity (Wildman–Crippen MR) is 80.5 cm³/mol. The van der Waals surface area contributed by atoms with E-state index in [2.05, 4.69) is 15.1 Å². The van der Waals surface area contributed by atoms with Crippen LogP contribution < -0.4 is 0 Å². The summed E-state index contributed by atoms with van der Waals surface area (Å²) >= 11 is 0. The van der Waals surface area contributed by atoms with Gasteiger partial charge in [0.15, 0.2) is 0 Å². The first-order chi connectivity index (χ1) is 10.9. The van der Waals surface area contributed by atoms with Crippen LogP contribution in [-0.4, -0.2) is 46.9 Å². The smallest absolute Gasteiger partial charge is 0.219 e. The molecular formula is C17H25N3O2. The Bertz CT molecular complexity index is 538. The molecule has 0 unspecified atom stereocenters. The number of ether oxygens (including phenoxy) is 1. The molecule has 2 saturated heterocycles. The van der Waals surface area contributed by atoms with Gasteiger partial charge in [-0.3, -0.25) is 0 Å². The number of hydrogen-bond acceptors (Lipinski definition) is 5. The van der Waals surface area contributed by atoms with Gasteiger partial charge in [-0.2, -0.15) is 0 Å². The fraction of sp³-hybridized carbons (Fsp3) is 0.882. The van der Waals surface area contributed by atoms with Gasteiger partial charge in [0, 0.05) is 24.4 Å². The Labute approximate surface area is 131 Å². The van der Waals surface area contributed by atoms with Gasteiger partial charge in [0.25, 0.3) is 0 Å².